The summed E-state index contributed by atoms with van der Waals surface area (Å²) in [6.45, 7) is 7.22. The van der Waals surface area contributed by atoms with Crippen LogP contribution in [-0.4, -0.2) is 41.2 Å². The van der Waals surface area contributed by atoms with Gasteiger partial charge in [0, 0.05) is 5.56 Å². The van der Waals surface area contributed by atoms with Crippen LogP contribution in [0.3, 0.4) is 0 Å². The van der Waals surface area contributed by atoms with Gasteiger partial charge in [0.25, 0.3) is 9.70 Å². The first-order chi connectivity index (χ1) is 10.7. The summed E-state index contributed by atoms with van der Waals surface area (Å²) in [5, 5.41) is 2.88. The zero-order valence-corrected chi connectivity index (χ0v) is 15.7. The molecule has 1 aliphatic rings. The average Bonchev–Trinajstić information content (AvgIpc) is 2.42. The fourth-order valence-corrected chi connectivity index (χ4v) is 3.59. The maximum atomic E-state index is 12.5. The Labute approximate surface area is 152 Å². The Kier molecular flexibility index (Phi) is 6.20. The van der Waals surface area contributed by atoms with Crippen LogP contribution in [0.5, 0.6) is 0 Å². The van der Waals surface area contributed by atoms with Crippen molar-refractivity contribution in [2.24, 2.45) is 0 Å². The van der Waals surface area contributed by atoms with Crippen molar-refractivity contribution in [2.75, 3.05) is 13.1 Å². The van der Waals surface area contributed by atoms with Gasteiger partial charge in [-0.25, -0.2) is 0 Å². The SMILES string of the molecule is Cc1cccc(C(=O)N[C@H]([NH+]2C[C@@H](C)O[C@@H](C)C2)C(Cl)(Cl)Cl)c1. The van der Waals surface area contributed by atoms with Gasteiger partial charge in [-0.1, -0.05) is 52.5 Å². The summed E-state index contributed by atoms with van der Waals surface area (Å²) in [4.78, 5) is 13.5. The third-order valence-corrected chi connectivity index (χ3v) is 4.51. The van der Waals surface area contributed by atoms with E-state index in [1.54, 1.807) is 6.07 Å². The van der Waals surface area contributed by atoms with Crippen molar-refractivity contribution in [1.29, 1.82) is 0 Å². The molecular weight excluding hydrogens is 359 g/mol. The number of quaternary nitrogens is 1. The van der Waals surface area contributed by atoms with Crippen LogP contribution < -0.4 is 10.2 Å². The van der Waals surface area contributed by atoms with Gasteiger partial charge < -0.3 is 9.64 Å². The molecule has 0 saturated carbocycles. The number of amides is 1. The van der Waals surface area contributed by atoms with E-state index in [1.165, 1.54) is 0 Å². The topological polar surface area (TPSA) is 42.8 Å². The van der Waals surface area contributed by atoms with E-state index in [4.69, 9.17) is 39.5 Å². The summed E-state index contributed by atoms with van der Waals surface area (Å²) in [5.41, 5.74) is 1.56. The minimum atomic E-state index is -1.61. The minimum Gasteiger partial charge on any atom is -0.364 e. The second kappa shape index (κ2) is 7.58. The van der Waals surface area contributed by atoms with Gasteiger partial charge >= 0.3 is 0 Å². The number of rotatable bonds is 3. The Hall–Kier alpha value is -0.520. The Morgan fingerprint density at radius 2 is 1.91 bits per heavy atom. The molecule has 1 aliphatic heterocycles. The lowest BCUT2D eigenvalue weighted by atomic mass is 10.1. The van der Waals surface area contributed by atoms with Gasteiger partial charge in [0.05, 0.1) is 0 Å². The van der Waals surface area contributed by atoms with E-state index in [-0.39, 0.29) is 18.1 Å². The van der Waals surface area contributed by atoms with Crippen LogP contribution in [0.25, 0.3) is 0 Å². The van der Waals surface area contributed by atoms with Crippen molar-refractivity contribution in [3.63, 3.8) is 0 Å². The number of alkyl halides is 3. The number of aryl methyl sites for hydroxylation is 1. The monoisotopic (exact) mass is 379 g/mol. The van der Waals surface area contributed by atoms with E-state index >= 15 is 0 Å². The third-order valence-electron chi connectivity index (χ3n) is 3.86. The number of halogens is 3. The van der Waals surface area contributed by atoms with E-state index in [0.717, 1.165) is 10.5 Å². The molecule has 23 heavy (non-hydrogen) atoms. The first-order valence-corrected chi connectivity index (χ1v) is 8.74. The van der Waals surface area contributed by atoms with E-state index < -0.39 is 9.96 Å². The lowest BCUT2D eigenvalue weighted by Crippen LogP contribution is -3.22. The quantitative estimate of drug-likeness (QED) is 0.789. The van der Waals surface area contributed by atoms with Crippen molar-refractivity contribution in [3.05, 3.63) is 35.4 Å². The molecule has 1 unspecified atom stereocenters. The molecule has 1 amide bonds. The lowest BCUT2D eigenvalue weighted by molar-refractivity contribution is -0.941. The van der Waals surface area contributed by atoms with Gasteiger partial charge in [-0.3, -0.25) is 10.1 Å². The summed E-state index contributed by atoms with van der Waals surface area (Å²) >= 11 is 18.4. The predicted octanol–water partition coefficient (Wildman–Crippen LogP) is 2.11. The smallest absolute Gasteiger partial charge is 0.262 e. The highest BCUT2D eigenvalue weighted by atomic mass is 35.6. The third kappa shape index (κ3) is 5.23. The van der Waals surface area contributed by atoms with Crippen LogP contribution in [0, 0.1) is 6.92 Å². The lowest BCUT2D eigenvalue weighted by Gasteiger charge is -2.39. The van der Waals surface area contributed by atoms with E-state index in [9.17, 15) is 4.79 Å². The molecular formula is C16H22Cl3N2O2+. The maximum Gasteiger partial charge on any atom is 0.262 e. The first-order valence-electron chi connectivity index (χ1n) is 7.61. The Morgan fingerprint density at radius 3 is 2.43 bits per heavy atom. The number of benzene rings is 1. The van der Waals surface area contributed by atoms with E-state index in [0.29, 0.717) is 18.7 Å². The van der Waals surface area contributed by atoms with Crippen molar-refractivity contribution in [2.45, 2.75) is 42.9 Å². The van der Waals surface area contributed by atoms with Crippen LogP contribution in [0.15, 0.2) is 24.3 Å². The van der Waals surface area contributed by atoms with Gasteiger partial charge in [-0.15, -0.1) is 0 Å². The minimum absolute atomic E-state index is 0.0412. The van der Waals surface area contributed by atoms with Crippen LogP contribution in [0.1, 0.15) is 29.8 Å². The molecule has 4 nitrogen and oxygen atoms in total. The number of hydrogen-bond donors (Lipinski definition) is 2. The number of nitrogens with one attached hydrogen (secondary N) is 2. The summed E-state index contributed by atoms with van der Waals surface area (Å²) in [6.07, 6.45) is -0.562. The largest absolute Gasteiger partial charge is 0.364 e. The second-order valence-electron chi connectivity index (χ2n) is 6.14. The summed E-state index contributed by atoms with van der Waals surface area (Å²) < 4.78 is 4.12. The summed E-state index contributed by atoms with van der Waals surface area (Å²) in [5.74, 6) is -0.246. The molecule has 0 aromatic heterocycles. The van der Waals surface area contributed by atoms with Crippen molar-refractivity contribution < 1.29 is 14.4 Å². The first kappa shape index (κ1) is 18.8. The zero-order valence-electron chi connectivity index (χ0n) is 13.4. The molecule has 1 heterocycles. The predicted molar refractivity (Wildman–Crippen MR) is 93.4 cm³/mol. The van der Waals surface area contributed by atoms with E-state index in [1.807, 2.05) is 39.0 Å². The molecule has 0 spiro atoms. The standard InChI is InChI=1S/C16H21Cl3N2O2/c1-10-5-4-6-13(7-10)14(22)20-15(16(17,18)19)21-8-11(2)23-12(3)9-21/h4-7,11-12,15H,8-9H2,1-3H3,(H,20,22)/p+1/t11-,12+,15-/m1/s1. The highest BCUT2D eigenvalue weighted by Crippen LogP contribution is 2.28. The Balaban J connectivity index is 2.17. The number of ether oxygens (including phenoxy) is 1. The molecule has 0 bridgehead atoms. The molecule has 1 saturated heterocycles. The van der Waals surface area contributed by atoms with Crippen LogP contribution >= 0.6 is 34.8 Å². The number of carbonyl (C=O) groups excluding carboxylic acids is 1. The molecule has 128 valence electrons. The molecule has 0 aliphatic carbocycles. The van der Waals surface area contributed by atoms with E-state index in [2.05, 4.69) is 5.32 Å². The Bertz CT molecular complexity index is 553. The highest BCUT2D eigenvalue weighted by Gasteiger charge is 2.44. The number of carbonyl (C=O) groups is 1. The fraction of sp³-hybridized carbons (Fsp3) is 0.562. The molecule has 2 rings (SSSR count). The number of hydrogen-bond acceptors (Lipinski definition) is 2. The molecule has 7 heteroatoms. The van der Waals surface area contributed by atoms with Gasteiger partial charge in [-0.2, -0.15) is 0 Å². The molecule has 1 aromatic rings. The van der Waals surface area contributed by atoms with Crippen LogP contribution in [0.2, 0.25) is 0 Å². The van der Waals surface area contributed by atoms with Gasteiger partial charge in [0.15, 0.2) is 0 Å². The van der Waals surface area contributed by atoms with Gasteiger partial charge in [-0.05, 0) is 32.9 Å². The fourth-order valence-electron chi connectivity index (χ4n) is 2.97. The van der Waals surface area contributed by atoms with Gasteiger partial charge in [0.2, 0.25) is 6.17 Å². The van der Waals surface area contributed by atoms with Crippen molar-refractivity contribution in [1.82, 2.24) is 5.32 Å². The molecule has 2 N–H and O–H groups in total. The van der Waals surface area contributed by atoms with Gasteiger partial charge in [0.1, 0.15) is 25.3 Å². The van der Waals surface area contributed by atoms with Crippen molar-refractivity contribution in [3.8, 4) is 0 Å². The second-order valence-corrected chi connectivity index (χ2v) is 8.51. The summed E-state index contributed by atoms with van der Waals surface area (Å²) in [7, 11) is 0. The molecule has 1 fully saturated rings. The summed E-state index contributed by atoms with van der Waals surface area (Å²) in [6, 6.07) is 7.32. The molecule has 1 aromatic carbocycles. The van der Waals surface area contributed by atoms with Crippen LogP contribution in [0.4, 0.5) is 0 Å². The van der Waals surface area contributed by atoms with Crippen molar-refractivity contribution >= 4 is 40.7 Å². The highest BCUT2D eigenvalue weighted by molar-refractivity contribution is 6.68. The number of morpholine rings is 1. The van der Waals surface area contributed by atoms with Crippen LogP contribution in [-0.2, 0) is 4.74 Å². The Morgan fingerprint density at radius 1 is 1.30 bits per heavy atom. The average molecular weight is 381 g/mol. The molecule has 0 radical (unpaired) electrons. The zero-order chi connectivity index (χ0) is 17.2. The molecule has 4 atom stereocenters. The maximum absolute atomic E-state index is 12.5. The normalized spacial score (nSPS) is 26.6.